The number of hydrogen-bond donors (Lipinski definition) is 1. The Bertz CT molecular complexity index is 583. The topological polar surface area (TPSA) is 41.3 Å². The Kier molecular flexibility index (Phi) is 3.24. The minimum absolute atomic E-state index is 0.00433. The number of para-hydroxylation sites is 2. The van der Waals surface area contributed by atoms with E-state index in [1.165, 1.54) is 0 Å². The molecule has 0 bridgehead atoms. The van der Waals surface area contributed by atoms with E-state index >= 15 is 0 Å². The number of nitrogens with zero attached hydrogens (tertiary/aromatic N) is 3. The molecule has 0 amide bonds. The predicted molar refractivity (Wildman–Crippen MR) is 71.5 cm³/mol. The molecule has 1 aromatic carbocycles. The van der Waals surface area contributed by atoms with Gasteiger partial charge in [-0.3, -0.25) is 4.90 Å². The van der Waals surface area contributed by atoms with Gasteiger partial charge in [-0.25, -0.2) is 9.37 Å². The maximum atomic E-state index is 13.4. The molecule has 1 aromatic heterocycles. The molecule has 1 aliphatic rings. The Morgan fingerprint density at radius 2 is 2.21 bits per heavy atom. The first-order valence-corrected chi connectivity index (χ1v) is 6.58. The molecule has 0 aliphatic carbocycles. The van der Waals surface area contributed by atoms with E-state index in [4.69, 9.17) is 0 Å². The Morgan fingerprint density at radius 3 is 2.95 bits per heavy atom. The van der Waals surface area contributed by atoms with Gasteiger partial charge >= 0.3 is 0 Å². The van der Waals surface area contributed by atoms with Gasteiger partial charge in [0, 0.05) is 19.6 Å². The number of rotatable bonds is 3. The van der Waals surface area contributed by atoms with Crippen LogP contribution in [0.25, 0.3) is 11.0 Å². The Morgan fingerprint density at radius 1 is 1.42 bits per heavy atom. The maximum absolute atomic E-state index is 13.4. The Labute approximate surface area is 111 Å². The van der Waals surface area contributed by atoms with Gasteiger partial charge in [0.2, 0.25) is 0 Å². The smallest absolute Gasteiger partial charge is 0.123 e. The summed E-state index contributed by atoms with van der Waals surface area (Å²) in [7, 11) is 1.97. The van der Waals surface area contributed by atoms with Gasteiger partial charge < -0.3 is 9.67 Å². The van der Waals surface area contributed by atoms with Crippen LogP contribution in [-0.2, 0) is 13.6 Å². The lowest BCUT2D eigenvalue weighted by molar-refractivity contribution is 0.150. The van der Waals surface area contributed by atoms with Crippen molar-refractivity contribution < 1.29 is 9.50 Å². The fraction of sp³-hybridized carbons (Fsp3) is 0.500. The summed E-state index contributed by atoms with van der Waals surface area (Å²) in [5.41, 5.74) is 2.03. The van der Waals surface area contributed by atoms with Crippen LogP contribution in [0.5, 0.6) is 0 Å². The van der Waals surface area contributed by atoms with Crippen molar-refractivity contribution in [2.75, 3.05) is 13.2 Å². The van der Waals surface area contributed by atoms with Crippen LogP contribution in [0.4, 0.5) is 4.39 Å². The second-order valence-electron chi connectivity index (χ2n) is 5.17. The number of aromatic nitrogens is 2. The minimum Gasteiger partial charge on any atom is -0.395 e. The van der Waals surface area contributed by atoms with Gasteiger partial charge in [0.25, 0.3) is 0 Å². The van der Waals surface area contributed by atoms with Crippen molar-refractivity contribution >= 4 is 11.0 Å². The van der Waals surface area contributed by atoms with E-state index in [-0.39, 0.29) is 12.6 Å². The zero-order valence-electron chi connectivity index (χ0n) is 11.0. The Balaban J connectivity index is 1.87. The van der Waals surface area contributed by atoms with Gasteiger partial charge in [-0.2, -0.15) is 0 Å². The van der Waals surface area contributed by atoms with Crippen molar-refractivity contribution in [2.45, 2.75) is 25.2 Å². The molecule has 2 aromatic rings. The Hall–Kier alpha value is -1.46. The molecule has 5 heteroatoms. The summed E-state index contributed by atoms with van der Waals surface area (Å²) in [6.45, 7) is 0.968. The number of aryl methyl sites for hydroxylation is 1. The molecule has 1 saturated heterocycles. The average Bonchev–Trinajstić information content (AvgIpc) is 2.92. The van der Waals surface area contributed by atoms with Gasteiger partial charge in [-0.15, -0.1) is 0 Å². The maximum Gasteiger partial charge on any atom is 0.123 e. The molecule has 2 atom stereocenters. The van der Waals surface area contributed by atoms with Gasteiger partial charge in [0.15, 0.2) is 0 Å². The lowest BCUT2D eigenvalue weighted by Crippen LogP contribution is -2.32. The standard InChI is InChI=1S/C14H18FN3O/c1-17-13-5-3-2-4-12(13)16-14(17)8-18-7-10(15)6-11(18)9-19/h2-5,10-11,19H,6-9H2,1H3/t10-,11-/m0/s1. The first-order chi connectivity index (χ1) is 9.19. The lowest BCUT2D eigenvalue weighted by Gasteiger charge is -2.21. The minimum atomic E-state index is -0.841. The van der Waals surface area contributed by atoms with Crippen molar-refractivity contribution in [3.63, 3.8) is 0 Å². The number of benzene rings is 1. The van der Waals surface area contributed by atoms with Crippen LogP contribution < -0.4 is 0 Å². The van der Waals surface area contributed by atoms with Crippen LogP contribution in [0.1, 0.15) is 12.2 Å². The third-order valence-electron chi connectivity index (χ3n) is 3.91. The fourth-order valence-electron chi connectivity index (χ4n) is 2.82. The molecule has 1 N–H and O–H groups in total. The highest BCUT2D eigenvalue weighted by Gasteiger charge is 2.32. The summed E-state index contributed by atoms with van der Waals surface area (Å²) < 4.78 is 15.5. The van der Waals surface area contributed by atoms with E-state index in [9.17, 15) is 9.50 Å². The van der Waals surface area contributed by atoms with Crippen molar-refractivity contribution in [1.82, 2.24) is 14.5 Å². The lowest BCUT2D eigenvalue weighted by atomic mass is 10.2. The normalized spacial score (nSPS) is 24.4. The van der Waals surface area contributed by atoms with Crippen molar-refractivity contribution in [1.29, 1.82) is 0 Å². The molecule has 0 unspecified atom stereocenters. The van der Waals surface area contributed by atoms with Crippen LogP contribution in [-0.4, -0.2) is 44.9 Å². The number of likely N-dealkylation sites (tertiary alicyclic amines) is 1. The molecule has 3 rings (SSSR count). The first kappa shape index (κ1) is 12.6. The number of hydrogen-bond acceptors (Lipinski definition) is 3. The highest BCUT2D eigenvalue weighted by Crippen LogP contribution is 2.23. The zero-order chi connectivity index (χ0) is 13.4. The van der Waals surface area contributed by atoms with Crippen LogP contribution in [0.15, 0.2) is 24.3 Å². The predicted octanol–water partition coefficient (Wildman–Crippen LogP) is 1.48. The van der Waals surface area contributed by atoms with E-state index in [2.05, 4.69) is 4.98 Å². The van der Waals surface area contributed by atoms with Gasteiger partial charge in [0.1, 0.15) is 12.0 Å². The van der Waals surface area contributed by atoms with E-state index in [1.54, 1.807) is 0 Å². The quantitative estimate of drug-likeness (QED) is 0.912. The van der Waals surface area contributed by atoms with Crippen LogP contribution in [0.3, 0.4) is 0 Å². The van der Waals surface area contributed by atoms with Crippen molar-refractivity contribution in [3.8, 4) is 0 Å². The first-order valence-electron chi connectivity index (χ1n) is 6.58. The molecule has 2 heterocycles. The molecule has 1 aliphatic heterocycles. The second-order valence-corrected chi connectivity index (χ2v) is 5.17. The average molecular weight is 263 g/mol. The van der Waals surface area contributed by atoms with Gasteiger partial charge in [0.05, 0.1) is 24.2 Å². The van der Waals surface area contributed by atoms with E-state index in [0.29, 0.717) is 19.5 Å². The third-order valence-corrected chi connectivity index (χ3v) is 3.91. The summed E-state index contributed by atoms with van der Waals surface area (Å²) in [5.74, 6) is 0.911. The molecular weight excluding hydrogens is 245 g/mol. The zero-order valence-corrected chi connectivity index (χ0v) is 11.0. The molecule has 1 fully saturated rings. The van der Waals surface area contributed by atoms with Crippen LogP contribution >= 0.6 is 0 Å². The molecule has 0 saturated carbocycles. The summed E-state index contributed by atoms with van der Waals surface area (Å²) in [5, 5.41) is 9.31. The van der Waals surface area contributed by atoms with Gasteiger partial charge in [-0.05, 0) is 18.6 Å². The van der Waals surface area contributed by atoms with Crippen LogP contribution in [0.2, 0.25) is 0 Å². The van der Waals surface area contributed by atoms with Crippen molar-refractivity contribution in [3.05, 3.63) is 30.1 Å². The van der Waals surface area contributed by atoms with E-state index < -0.39 is 6.17 Å². The fourth-order valence-corrected chi connectivity index (χ4v) is 2.82. The largest absolute Gasteiger partial charge is 0.395 e. The van der Waals surface area contributed by atoms with Crippen LogP contribution in [0, 0.1) is 0 Å². The number of aliphatic hydroxyl groups is 1. The molecule has 0 spiro atoms. The van der Waals surface area contributed by atoms with E-state index in [1.807, 2.05) is 40.8 Å². The second kappa shape index (κ2) is 4.90. The highest BCUT2D eigenvalue weighted by atomic mass is 19.1. The van der Waals surface area contributed by atoms with E-state index in [0.717, 1.165) is 16.9 Å². The SMILES string of the molecule is Cn1c(CN2C[C@@H](F)C[C@H]2CO)nc2ccccc21. The molecule has 102 valence electrons. The molecule has 0 radical (unpaired) electrons. The summed E-state index contributed by atoms with van der Waals surface area (Å²) in [4.78, 5) is 6.56. The highest BCUT2D eigenvalue weighted by molar-refractivity contribution is 5.75. The van der Waals surface area contributed by atoms with Crippen molar-refractivity contribution in [2.24, 2.45) is 7.05 Å². The third kappa shape index (κ3) is 2.24. The summed E-state index contributed by atoms with van der Waals surface area (Å²) >= 11 is 0. The number of alkyl halides is 1. The summed E-state index contributed by atoms with van der Waals surface area (Å²) in [6, 6.07) is 7.86. The number of aliphatic hydroxyl groups excluding tert-OH is 1. The summed E-state index contributed by atoms with van der Waals surface area (Å²) in [6.07, 6.45) is -0.424. The molecule has 4 nitrogen and oxygen atoms in total. The molecular formula is C14H18FN3O. The number of imidazole rings is 1. The van der Waals surface area contributed by atoms with Gasteiger partial charge in [-0.1, -0.05) is 12.1 Å². The monoisotopic (exact) mass is 263 g/mol. The number of halogens is 1. The number of fused-ring (bicyclic) bond motifs is 1. The molecule has 19 heavy (non-hydrogen) atoms.